The van der Waals surface area contributed by atoms with Crippen molar-refractivity contribution in [3.05, 3.63) is 52.9 Å². The number of thiophene rings is 1. The average molecular weight is 417 g/mol. The highest BCUT2D eigenvalue weighted by molar-refractivity contribution is 7.98. The van der Waals surface area contributed by atoms with E-state index in [0.717, 1.165) is 10.4 Å². The third-order valence-corrected chi connectivity index (χ3v) is 5.76. The van der Waals surface area contributed by atoms with Crippen LogP contribution in [0, 0.1) is 12.7 Å². The van der Waals surface area contributed by atoms with Gasteiger partial charge < -0.3 is 9.63 Å². The van der Waals surface area contributed by atoms with Gasteiger partial charge >= 0.3 is 0 Å². The van der Waals surface area contributed by atoms with Crippen LogP contribution in [0.5, 0.6) is 0 Å². The average Bonchev–Trinajstić information content (AvgIpc) is 3.43. The molecule has 1 aromatic carbocycles. The minimum absolute atomic E-state index is 0.0248. The van der Waals surface area contributed by atoms with E-state index in [-0.39, 0.29) is 18.1 Å². The van der Waals surface area contributed by atoms with Gasteiger partial charge in [-0.25, -0.2) is 4.39 Å². The summed E-state index contributed by atoms with van der Waals surface area (Å²) in [6.45, 7) is 2.23. The van der Waals surface area contributed by atoms with Crippen molar-refractivity contribution in [1.29, 1.82) is 0 Å². The lowest BCUT2D eigenvalue weighted by atomic mass is 10.1. The summed E-state index contributed by atoms with van der Waals surface area (Å²) >= 11 is 2.94. The Labute approximate surface area is 168 Å². The van der Waals surface area contributed by atoms with Crippen LogP contribution in [0.2, 0.25) is 0 Å². The van der Waals surface area contributed by atoms with Crippen molar-refractivity contribution < 1.29 is 14.0 Å². The molecule has 0 aliphatic rings. The van der Waals surface area contributed by atoms with Crippen LogP contribution in [0.25, 0.3) is 22.2 Å². The number of rotatable bonds is 7. The minimum Gasteiger partial charge on any atom is -0.395 e. The van der Waals surface area contributed by atoms with Gasteiger partial charge in [-0.15, -0.1) is 21.5 Å². The van der Waals surface area contributed by atoms with Crippen LogP contribution in [0.3, 0.4) is 0 Å². The Balaban J connectivity index is 1.53. The lowest BCUT2D eigenvalue weighted by molar-refractivity contribution is 0.272. The molecule has 0 radical (unpaired) electrons. The van der Waals surface area contributed by atoms with Gasteiger partial charge in [-0.3, -0.25) is 4.57 Å². The van der Waals surface area contributed by atoms with Gasteiger partial charge in [0, 0.05) is 6.54 Å². The summed E-state index contributed by atoms with van der Waals surface area (Å²) in [7, 11) is 0. The van der Waals surface area contributed by atoms with Gasteiger partial charge in [0.05, 0.1) is 22.8 Å². The molecule has 0 aliphatic carbocycles. The smallest absolute Gasteiger partial charge is 0.260 e. The van der Waals surface area contributed by atoms with E-state index in [4.69, 9.17) is 4.52 Å². The number of halogens is 1. The molecule has 0 aliphatic heterocycles. The lowest BCUT2D eigenvalue weighted by Crippen LogP contribution is -2.05. The molecule has 3 heterocycles. The number of aryl methyl sites for hydroxylation is 1. The second kappa shape index (κ2) is 8.21. The number of hydrogen-bond acceptors (Lipinski definition) is 8. The number of aliphatic hydroxyl groups is 1. The Hall–Kier alpha value is -2.56. The summed E-state index contributed by atoms with van der Waals surface area (Å²) in [4.78, 5) is 5.26. The lowest BCUT2D eigenvalue weighted by Gasteiger charge is -2.06. The van der Waals surface area contributed by atoms with Crippen LogP contribution >= 0.6 is 23.1 Å². The highest BCUT2D eigenvalue weighted by Crippen LogP contribution is 2.29. The van der Waals surface area contributed by atoms with Gasteiger partial charge in [0.2, 0.25) is 0 Å². The Morgan fingerprint density at radius 1 is 1.29 bits per heavy atom. The summed E-state index contributed by atoms with van der Waals surface area (Å²) in [5.74, 6) is 1.26. The Bertz CT molecular complexity index is 1080. The number of thioether (sulfide) groups is 1. The van der Waals surface area contributed by atoms with Crippen molar-refractivity contribution in [3.8, 4) is 22.2 Å². The fraction of sp³-hybridized carbons (Fsp3) is 0.222. The zero-order chi connectivity index (χ0) is 19.5. The normalized spacial score (nSPS) is 11.2. The summed E-state index contributed by atoms with van der Waals surface area (Å²) in [6.07, 6.45) is 0. The van der Waals surface area contributed by atoms with Crippen LogP contribution in [-0.4, -0.2) is 36.6 Å². The first kappa shape index (κ1) is 18.8. The largest absolute Gasteiger partial charge is 0.395 e. The van der Waals surface area contributed by atoms with E-state index in [2.05, 4.69) is 20.3 Å². The van der Waals surface area contributed by atoms with Gasteiger partial charge in [0.1, 0.15) is 5.82 Å². The van der Waals surface area contributed by atoms with Crippen LogP contribution in [0.1, 0.15) is 11.4 Å². The molecule has 0 spiro atoms. The number of hydrogen-bond donors (Lipinski definition) is 1. The third kappa shape index (κ3) is 3.84. The molecule has 4 aromatic rings. The third-order valence-electron chi connectivity index (χ3n) is 3.93. The predicted molar refractivity (Wildman–Crippen MR) is 104 cm³/mol. The molecule has 0 saturated heterocycles. The minimum atomic E-state index is -0.406. The number of aliphatic hydroxyl groups excluding tert-OH is 1. The van der Waals surface area contributed by atoms with Crippen LogP contribution < -0.4 is 0 Å². The van der Waals surface area contributed by atoms with Crippen molar-refractivity contribution in [2.24, 2.45) is 0 Å². The molecular formula is C18H16FN5O2S2. The SMILES string of the molecule is Cc1ccc(F)c(-c2nc(CSc3nnc(-c4cccs4)n3CCO)no2)c1. The molecule has 0 unspecified atom stereocenters. The van der Waals surface area contributed by atoms with Gasteiger partial charge in [-0.05, 0) is 30.5 Å². The maximum atomic E-state index is 14.0. The Morgan fingerprint density at radius 2 is 2.18 bits per heavy atom. The maximum absolute atomic E-state index is 14.0. The van der Waals surface area contributed by atoms with Crippen LogP contribution in [0.4, 0.5) is 4.39 Å². The molecule has 0 amide bonds. The second-order valence-corrected chi connectivity index (χ2v) is 7.84. The number of nitrogens with zero attached hydrogens (tertiary/aromatic N) is 5. The zero-order valence-electron chi connectivity index (χ0n) is 14.9. The van der Waals surface area contributed by atoms with E-state index >= 15 is 0 Å². The molecule has 144 valence electrons. The molecule has 0 fully saturated rings. The Kier molecular flexibility index (Phi) is 5.51. The van der Waals surface area contributed by atoms with Gasteiger partial charge in [-0.2, -0.15) is 4.98 Å². The zero-order valence-corrected chi connectivity index (χ0v) is 16.5. The van der Waals surface area contributed by atoms with Crippen LogP contribution in [0.15, 0.2) is 45.4 Å². The molecule has 7 nitrogen and oxygen atoms in total. The van der Waals surface area contributed by atoms with Gasteiger partial charge in [0.25, 0.3) is 5.89 Å². The molecule has 0 atom stereocenters. The van der Waals surface area contributed by atoms with Crippen molar-refractivity contribution in [2.75, 3.05) is 6.61 Å². The van der Waals surface area contributed by atoms with E-state index in [1.54, 1.807) is 23.5 Å². The fourth-order valence-electron chi connectivity index (χ4n) is 2.64. The number of aromatic nitrogens is 5. The van der Waals surface area contributed by atoms with Gasteiger partial charge in [-0.1, -0.05) is 34.6 Å². The van der Waals surface area contributed by atoms with E-state index in [1.807, 2.05) is 29.0 Å². The maximum Gasteiger partial charge on any atom is 0.260 e. The molecule has 4 rings (SSSR count). The number of benzene rings is 1. The summed E-state index contributed by atoms with van der Waals surface area (Å²) in [5, 5.41) is 24.4. The molecular weight excluding hydrogens is 401 g/mol. The first-order chi connectivity index (χ1) is 13.7. The van der Waals surface area contributed by atoms with Crippen molar-refractivity contribution in [3.63, 3.8) is 0 Å². The second-order valence-electron chi connectivity index (χ2n) is 5.95. The quantitative estimate of drug-likeness (QED) is 0.458. The summed E-state index contributed by atoms with van der Waals surface area (Å²) in [5.41, 5.74) is 1.19. The first-order valence-corrected chi connectivity index (χ1v) is 10.3. The fourth-order valence-corrected chi connectivity index (χ4v) is 4.16. The van der Waals surface area contributed by atoms with Gasteiger partial charge in [0.15, 0.2) is 16.8 Å². The standard InChI is InChI=1S/C18H16FN5O2S2/c1-11-4-5-13(19)12(9-11)17-20-15(23-26-17)10-28-18-22-21-16(24(18)6-7-25)14-3-2-8-27-14/h2-5,8-9,25H,6-7,10H2,1H3. The summed E-state index contributed by atoms with van der Waals surface area (Å²) in [6, 6.07) is 8.64. The first-order valence-electron chi connectivity index (χ1n) is 8.45. The molecule has 0 bridgehead atoms. The molecule has 10 heteroatoms. The highest BCUT2D eigenvalue weighted by atomic mass is 32.2. The van der Waals surface area contributed by atoms with E-state index in [9.17, 15) is 9.50 Å². The van der Waals surface area contributed by atoms with Crippen molar-refractivity contribution in [2.45, 2.75) is 24.4 Å². The van der Waals surface area contributed by atoms with Crippen molar-refractivity contribution >= 4 is 23.1 Å². The van der Waals surface area contributed by atoms with E-state index in [0.29, 0.717) is 29.1 Å². The molecule has 1 N–H and O–H groups in total. The van der Waals surface area contributed by atoms with Crippen LogP contribution in [-0.2, 0) is 12.3 Å². The molecule has 0 saturated carbocycles. The van der Waals surface area contributed by atoms with Crippen molar-refractivity contribution in [1.82, 2.24) is 24.9 Å². The monoisotopic (exact) mass is 417 g/mol. The molecule has 3 aromatic heterocycles. The topological polar surface area (TPSA) is 89.9 Å². The Morgan fingerprint density at radius 3 is 2.96 bits per heavy atom. The van der Waals surface area contributed by atoms with E-state index < -0.39 is 5.82 Å². The highest BCUT2D eigenvalue weighted by Gasteiger charge is 2.17. The predicted octanol–water partition coefficient (Wildman–Crippen LogP) is 3.79. The molecule has 28 heavy (non-hydrogen) atoms. The van der Waals surface area contributed by atoms with E-state index in [1.165, 1.54) is 17.8 Å². The summed E-state index contributed by atoms with van der Waals surface area (Å²) < 4.78 is 21.1.